The predicted octanol–water partition coefficient (Wildman–Crippen LogP) is 7.05. The number of carbonyl (C=O) groups excluding carboxylic acids is 2. The molecule has 0 aliphatic heterocycles. The predicted molar refractivity (Wildman–Crippen MR) is 127 cm³/mol. The van der Waals surface area contributed by atoms with E-state index in [1.165, 1.54) is 47.0 Å². The third-order valence-corrected chi connectivity index (χ3v) is 6.23. The number of halogens is 8. The van der Waals surface area contributed by atoms with Crippen LogP contribution in [0, 0.1) is 0 Å². The van der Waals surface area contributed by atoms with E-state index in [4.69, 9.17) is 0 Å². The van der Waals surface area contributed by atoms with Crippen molar-refractivity contribution in [1.82, 2.24) is 0 Å². The largest absolute Gasteiger partial charge is 0.393 e. The van der Waals surface area contributed by atoms with Crippen molar-refractivity contribution >= 4 is 23.2 Å². The average molecular weight is 553 g/mol. The molecule has 0 aliphatic rings. The fraction of sp³-hybridized carbons (Fsp3) is 0.462. The minimum atomic E-state index is -6.96. The molecule has 2 aromatic carbocycles. The second-order valence-corrected chi connectivity index (χ2v) is 8.52. The maximum atomic E-state index is 14.6. The summed E-state index contributed by atoms with van der Waals surface area (Å²) >= 11 is 0. The number of para-hydroxylation sites is 2. The highest BCUT2D eigenvalue weighted by Crippen LogP contribution is 2.53. The van der Waals surface area contributed by atoms with Crippen LogP contribution in [0.15, 0.2) is 36.4 Å². The molecular weight excluding hydrogens is 524 g/mol. The Morgan fingerprint density at radius 1 is 0.553 bits per heavy atom. The van der Waals surface area contributed by atoms with E-state index >= 15 is 0 Å². The van der Waals surface area contributed by atoms with Crippen molar-refractivity contribution in [2.45, 2.75) is 77.1 Å². The van der Waals surface area contributed by atoms with Crippen molar-refractivity contribution in [3.8, 4) is 0 Å². The number of rotatable bonds is 11. The van der Waals surface area contributed by atoms with E-state index in [0.717, 1.165) is 0 Å². The van der Waals surface area contributed by atoms with Gasteiger partial charge in [-0.25, -0.2) is 0 Å². The zero-order chi connectivity index (χ0) is 29.1. The number of hydrogen-bond acceptors (Lipinski definition) is 2. The maximum absolute atomic E-state index is 14.6. The van der Waals surface area contributed by atoms with Crippen LogP contribution in [-0.4, -0.2) is 35.5 Å². The van der Waals surface area contributed by atoms with Crippen LogP contribution in [-0.2, 0) is 35.3 Å². The minimum absolute atomic E-state index is 0.152. The summed E-state index contributed by atoms with van der Waals surface area (Å²) in [5.41, 5.74) is 0.302. The molecular formula is C26H28F8N2O2. The zero-order valence-corrected chi connectivity index (χ0v) is 21.1. The SMILES string of the molecule is CCc1cccc(CC)c1NC(=O)C(F)(F)C(F)(F)C(F)(F)C(F)(F)C(=O)Nc1c(CC)cccc1CC. The van der Waals surface area contributed by atoms with Crippen molar-refractivity contribution in [3.05, 3.63) is 58.7 Å². The molecule has 0 radical (unpaired) electrons. The van der Waals surface area contributed by atoms with Gasteiger partial charge < -0.3 is 10.6 Å². The fourth-order valence-electron chi connectivity index (χ4n) is 3.87. The molecule has 2 N–H and O–H groups in total. The lowest BCUT2D eigenvalue weighted by Gasteiger charge is -2.35. The van der Waals surface area contributed by atoms with E-state index in [1.807, 2.05) is 0 Å². The van der Waals surface area contributed by atoms with Gasteiger partial charge in [-0.15, -0.1) is 0 Å². The zero-order valence-electron chi connectivity index (χ0n) is 21.1. The monoisotopic (exact) mass is 552 g/mol. The lowest BCUT2D eigenvalue weighted by Crippen LogP contribution is -2.67. The smallest absolute Gasteiger partial charge is 0.320 e. The quantitative estimate of drug-likeness (QED) is 0.294. The summed E-state index contributed by atoms with van der Waals surface area (Å²) in [5, 5.41) is 3.00. The first-order valence-electron chi connectivity index (χ1n) is 11.9. The van der Waals surface area contributed by atoms with Crippen molar-refractivity contribution in [2.24, 2.45) is 0 Å². The van der Waals surface area contributed by atoms with Crippen LogP contribution in [0.4, 0.5) is 46.5 Å². The molecule has 0 unspecified atom stereocenters. The Balaban J connectivity index is 2.45. The number of anilines is 2. The standard InChI is InChI=1S/C26H28F8N2O2/c1-5-15-11-9-12-16(6-2)19(15)35-21(37)23(27,28)25(31,32)26(33,34)24(29,30)22(38)36-20-17(7-3)13-10-14-18(20)8-4/h9-14H,5-8H2,1-4H3,(H,35,37)(H,36,38). The number of carbonyl (C=O) groups is 2. The molecule has 0 aliphatic carbocycles. The van der Waals surface area contributed by atoms with Gasteiger partial charge in [-0.05, 0) is 47.9 Å². The first-order chi connectivity index (χ1) is 17.5. The summed E-state index contributed by atoms with van der Waals surface area (Å²) in [6, 6.07) is 8.56. The lowest BCUT2D eigenvalue weighted by molar-refractivity contribution is -0.345. The molecule has 0 saturated heterocycles. The normalized spacial score (nSPS) is 12.8. The van der Waals surface area contributed by atoms with E-state index in [0.29, 0.717) is 0 Å². The maximum Gasteiger partial charge on any atom is 0.393 e. The number of nitrogens with one attached hydrogen (secondary N) is 2. The molecule has 0 bridgehead atoms. The molecule has 4 nitrogen and oxygen atoms in total. The third-order valence-electron chi connectivity index (χ3n) is 6.23. The summed E-state index contributed by atoms with van der Waals surface area (Å²) in [6.07, 6.45) is 0.606. The second kappa shape index (κ2) is 11.3. The lowest BCUT2D eigenvalue weighted by atomic mass is 9.96. The first kappa shape index (κ1) is 31.0. The highest BCUT2D eigenvalue weighted by atomic mass is 19.4. The van der Waals surface area contributed by atoms with Gasteiger partial charge in [-0.1, -0.05) is 64.1 Å². The van der Waals surface area contributed by atoms with Crippen molar-refractivity contribution < 1.29 is 44.7 Å². The van der Waals surface area contributed by atoms with Gasteiger partial charge in [-0.3, -0.25) is 9.59 Å². The van der Waals surface area contributed by atoms with E-state index in [1.54, 1.807) is 27.7 Å². The van der Waals surface area contributed by atoms with Crippen LogP contribution >= 0.6 is 0 Å². The first-order valence-corrected chi connectivity index (χ1v) is 11.9. The van der Waals surface area contributed by atoms with Crippen LogP contribution in [0.25, 0.3) is 0 Å². The van der Waals surface area contributed by atoms with Crippen LogP contribution < -0.4 is 10.6 Å². The molecule has 0 aromatic heterocycles. The van der Waals surface area contributed by atoms with E-state index in [-0.39, 0.29) is 59.3 Å². The van der Waals surface area contributed by atoms with Gasteiger partial charge in [0.1, 0.15) is 0 Å². The van der Waals surface area contributed by atoms with Gasteiger partial charge >= 0.3 is 35.5 Å². The number of hydrogen-bond donors (Lipinski definition) is 2. The Bertz CT molecular complexity index is 1050. The van der Waals surface area contributed by atoms with Gasteiger partial charge in [0.15, 0.2) is 0 Å². The summed E-state index contributed by atoms with van der Waals surface area (Å²) in [4.78, 5) is 24.4. The molecule has 38 heavy (non-hydrogen) atoms. The summed E-state index contributed by atoms with van der Waals surface area (Å²) in [5.74, 6) is -32.4. The van der Waals surface area contributed by atoms with Crippen molar-refractivity contribution in [1.29, 1.82) is 0 Å². The summed E-state index contributed by atoms with van der Waals surface area (Å²) in [6.45, 7) is 6.24. The topological polar surface area (TPSA) is 58.2 Å². The molecule has 2 aromatic rings. The molecule has 2 rings (SSSR count). The van der Waals surface area contributed by atoms with E-state index < -0.39 is 35.5 Å². The number of amides is 2. The van der Waals surface area contributed by atoms with Crippen LogP contribution in [0.1, 0.15) is 49.9 Å². The Labute approximate surface area is 214 Å². The van der Waals surface area contributed by atoms with Crippen molar-refractivity contribution in [3.63, 3.8) is 0 Å². The Hall–Kier alpha value is -3.18. The molecule has 2 amide bonds. The minimum Gasteiger partial charge on any atom is -0.320 e. The number of benzene rings is 2. The van der Waals surface area contributed by atoms with Gasteiger partial charge in [-0.2, -0.15) is 35.1 Å². The number of alkyl halides is 8. The molecule has 12 heteroatoms. The van der Waals surface area contributed by atoms with Gasteiger partial charge in [0, 0.05) is 11.4 Å². The van der Waals surface area contributed by atoms with Crippen LogP contribution in [0.2, 0.25) is 0 Å². The molecule has 0 spiro atoms. The highest BCUT2D eigenvalue weighted by Gasteiger charge is 2.84. The Morgan fingerprint density at radius 2 is 0.789 bits per heavy atom. The summed E-state index contributed by atoms with van der Waals surface area (Å²) < 4.78 is 117. The van der Waals surface area contributed by atoms with Gasteiger partial charge in [0.25, 0.3) is 0 Å². The van der Waals surface area contributed by atoms with Crippen LogP contribution in [0.5, 0.6) is 0 Å². The fourth-order valence-corrected chi connectivity index (χ4v) is 3.87. The molecule has 210 valence electrons. The third kappa shape index (κ3) is 5.22. The van der Waals surface area contributed by atoms with Crippen LogP contribution in [0.3, 0.4) is 0 Å². The highest BCUT2D eigenvalue weighted by molar-refractivity contribution is 6.00. The Kier molecular flexibility index (Phi) is 9.22. The van der Waals surface area contributed by atoms with E-state index in [9.17, 15) is 44.7 Å². The molecule has 0 saturated carbocycles. The summed E-state index contributed by atoms with van der Waals surface area (Å²) in [7, 11) is 0. The van der Waals surface area contributed by atoms with E-state index in [2.05, 4.69) is 0 Å². The van der Waals surface area contributed by atoms with Gasteiger partial charge in [0.05, 0.1) is 0 Å². The second-order valence-electron chi connectivity index (χ2n) is 8.52. The Morgan fingerprint density at radius 3 is 1.00 bits per heavy atom. The molecule has 0 fully saturated rings. The number of aryl methyl sites for hydroxylation is 4. The molecule has 0 atom stereocenters. The molecule has 0 heterocycles. The van der Waals surface area contributed by atoms with Gasteiger partial charge in [0.2, 0.25) is 0 Å². The van der Waals surface area contributed by atoms with Crippen molar-refractivity contribution in [2.75, 3.05) is 10.6 Å². The average Bonchev–Trinajstić information content (AvgIpc) is 2.88.